The highest BCUT2D eigenvalue weighted by Crippen LogP contribution is 2.66. The van der Waals surface area contributed by atoms with Crippen molar-refractivity contribution in [2.75, 3.05) is 6.61 Å². The largest absolute Gasteiger partial charge is 0.389 e. The van der Waals surface area contributed by atoms with Gasteiger partial charge in [0.2, 0.25) is 0 Å². The number of hydrogen-bond donors (Lipinski definition) is 5. The average Bonchev–Trinajstić information content (AvgIpc) is 3.09. The summed E-state index contributed by atoms with van der Waals surface area (Å²) in [4.78, 5) is 33.9. The summed E-state index contributed by atoms with van der Waals surface area (Å²) in [6, 6.07) is 17.3. The van der Waals surface area contributed by atoms with Gasteiger partial charge in [0.15, 0.2) is 5.78 Å². The van der Waals surface area contributed by atoms with Crippen molar-refractivity contribution in [1.29, 1.82) is 0 Å². The lowest BCUT2D eigenvalue weighted by Gasteiger charge is -2.68. The van der Waals surface area contributed by atoms with Gasteiger partial charge in [-0.2, -0.15) is 0 Å². The Morgan fingerprint density at radius 1 is 1.00 bits per heavy atom. The first-order valence-corrected chi connectivity index (χ1v) is 18.3. The summed E-state index contributed by atoms with van der Waals surface area (Å²) in [5, 5.41) is 51.8. The second-order valence-corrected chi connectivity index (χ2v) is 16.6. The van der Waals surface area contributed by atoms with Gasteiger partial charge in [-0.3, -0.25) is 14.8 Å². The minimum atomic E-state index is -1.61. The Bertz CT molecular complexity index is 1640. The molecule has 10 heteroatoms. The van der Waals surface area contributed by atoms with E-state index in [1.54, 1.807) is 24.3 Å². The standard InChI is InChI=1S/C41H55NO9/c1-22(2)50-34(31(26-15-11-9-12-16-26)42-37(45)27-17-13-10-14-18-27)33(51-48)28-20-41(47)25(5)35-39(8,23(3)19-29-40(35,46)21-49-29)36(44)32(43)30(24(28)4)38(41,6)7/h9-18,22-23,25,28-29,31-35,43,46-48H,19-21H2,1-8H3,(H,42,45)/t23-,25?,28?,29?,31?,32?,33-,34?,35?,39+,40-,41?/m0/s1. The highest BCUT2D eigenvalue weighted by atomic mass is 17.1. The molecule has 1 aliphatic heterocycles. The molecule has 4 aliphatic rings. The number of ketones is 1. The molecule has 12 atom stereocenters. The van der Waals surface area contributed by atoms with Crippen molar-refractivity contribution in [3.8, 4) is 0 Å². The van der Waals surface area contributed by atoms with Gasteiger partial charge in [0, 0.05) is 28.2 Å². The quantitative estimate of drug-likeness (QED) is 0.133. The number of hydrogen-bond acceptors (Lipinski definition) is 9. The Morgan fingerprint density at radius 3 is 2.16 bits per heavy atom. The maximum atomic E-state index is 14.8. The minimum Gasteiger partial charge on any atom is -0.389 e. The zero-order valence-electron chi connectivity index (χ0n) is 31.0. The van der Waals surface area contributed by atoms with Crippen LogP contribution in [0.2, 0.25) is 0 Å². The van der Waals surface area contributed by atoms with E-state index in [0.29, 0.717) is 28.7 Å². The monoisotopic (exact) mass is 705 g/mol. The van der Waals surface area contributed by atoms with Gasteiger partial charge in [0.25, 0.3) is 5.91 Å². The van der Waals surface area contributed by atoms with E-state index in [1.807, 2.05) is 91.8 Å². The number of carbonyl (C=O) groups is 2. The molecule has 2 aromatic carbocycles. The van der Waals surface area contributed by atoms with Gasteiger partial charge in [0.05, 0.1) is 30.5 Å². The lowest BCUT2D eigenvalue weighted by atomic mass is 9.41. The second kappa shape index (κ2) is 13.5. The molecule has 2 bridgehead atoms. The lowest BCUT2D eigenvalue weighted by molar-refractivity contribution is -0.335. The van der Waals surface area contributed by atoms with Gasteiger partial charge < -0.3 is 30.1 Å². The van der Waals surface area contributed by atoms with Crippen LogP contribution in [0.5, 0.6) is 0 Å². The summed E-state index contributed by atoms with van der Waals surface area (Å²) in [5.74, 6) is -3.18. The number of rotatable bonds is 9. The number of amides is 1. The average molecular weight is 706 g/mol. The third-order valence-corrected chi connectivity index (χ3v) is 13.5. The Balaban J connectivity index is 1.51. The second-order valence-electron chi connectivity index (χ2n) is 16.6. The highest BCUT2D eigenvalue weighted by Gasteiger charge is 2.73. The van der Waals surface area contributed by atoms with Crippen molar-refractivity contribution in [2.45, 2.75) is 116 Å². The van der Waals surface area contributed by atoms with E-state index >= 15 is 0 Å². The van der Waals surface area contributed by atoms with Crippen LogP contribution in [-0.4, -0.2) is 80.6 Å². The van der Waals surface area contributed by atoms with Crippen molar-refractivity contribution in [2.24, 2.45) is 34.5 Å². The fourth-order valence-electron chi connectivity index (χ4n) is 10.6. The van der Waals surface area contributed by atoms with E-state index < -0.39 is 76.0 Å². The third-order valence-electron chi connectivity index (χ3n) is 13.5. The molecule has 2 saturated carbocycles. The number of nitrogens with one attached hydrogen (secondary N) is 1. The third kappa shape index (κ3) is 5.73. The summed E-state index contributed by atoms with van der Waals surface area (Å²) in [6.07, 6.45) is -4.13. The van der Waals surface area contributed by atoms with Gasteiger partial charge in [-0.15, -0.1) is 0 Å². The van der Waals surface area contributed by atoms with E-state index in [1.165, 1.54) is 0 Å². The van der Waals surface area contributed by atoms with Crippen molar-refractivity contribution in [3.63, 3.8) is 0 Å². The number of benzene rings is 2. The predicted octanol–water partition coefficient (Wildman–Crippen LogP) is 5.28. The van der Waals surface area contributed by atoms with Crippen LogP contribution in [0.4, 0.5) is 0 Å². The summed E-state index contributed by atoms with van der Waals surface area (Å²) >= 11 is 0. The Hall–Kier alpha value is -2.96. The van der Waals surface area contributed by atoms with Crippen molar-refractivity contribution in [1.82, 2.24) is 5.32 Å². The van der Waals surface area contributed by atoms with Crippen LogP contribution in [0.25, 0.3) is 0 Å². The van der Waals surface area contributed by atoms with Crippen LogP contribution in [0, 0.1) is 34.5 Å². The highest BCUT2D eigenvalue weighted by molar-refractivity contribution is 5.94. The molecule has 1 saturated heterocycles. The van der Waals surface area contributed by atoms with Crippen LogP contribution in [-0.2, 0) is 19.2 Å². The van der Waals surface area contributed by atoms with Gasteiger partial charge in [-0.1, -0.05) is 88.7 Å². The fourth-order valence-corrected chi connectivity index (χ4v) is 10.6. The molecule has 278 valence electrons. The zero-order valence-corrected chi connectivity index (χ0v) is 31.0. The first-order valence-electron chi connectivity index (χ1n) is 18.3. The summed E-state index contributed by atoms with van der Waals surface area (Å²) in [5.41, 5.74) is -3.15. The number of aliphatic hydroxyl groups is 3. The first-order chi connectivity index (χ1) is 23.9. The number of ether oxygens (including phenoxy) is 2. The Labute approximate surface area is 301 Å². The molecule has 0 radical (unpaired) electrons. The van der Waals surface area contributed by atoms with E-state index in [9.17, 15) is 30.2 Å². The molecular formula is C41H55NO9. The molecule has 0 spiro atoms. The molecule has 8 unspecified atom stereocenters. The number of carbonyl (C=O) groups excluding carboxylic acids is 2. The molecule has 5 N–H and O–H groups in total. The van der Waals surface area contributed by atoms with Crippen molar-refractivity contribution in [3.05, 3.63) is 82.9 Å². The van der Waals surface area contributed by atoms with Crippen LogP contribution in [0.1, 0.15) is 90.2 Å². The number of aliphatic hydroxyl groups excluding tert-OH is 1. The fraction of sp³-hybridized carbons (Fsp3) is 0.610. The summed E-state index contributed by atoms with van der Waals surface area (Å²) < 4.78 is 12.4. The molecule has 51 heavy (non-hydrogen) atoms. The SMILES string of the molecule is CC1=C2C(O)C(=O)[C@@]3(C)C(C(C)C(O)(CC1[C@H](OO)C(OC(C)C)C(NC(=O)c1ccccc1)c1ccccc1)C2(C)C)[C@]1(O)COC1C[C@@H]3C. The van der Waals surface area contributed by atoms with Gasteiger partial charge in [-0.05, 0) is 68.7 Å². The van der Waals surface area contributed by atoms with E-state index in [4.69, 9.17) is 14.4 Å². The predicted molar refractivity (Wildman–Crippen MR) is 190 cm³/mol. The van der Waals surface area contributed by atoms with E-state index in [0.717, 1.165) is 0 Å². The van der Waals surface area contributed by atoms with Gasteiger partial charge in [0.1, 0.15) is 23.9 Å². The van der Waals surface area contributed by atoms with E-state index in [-0.39, 0.29) is 31.0 Å². The normalized spacial score (nSPS) is 37.6. The molecular weight excluding hydrogens is 650 g/mol. The topological polar surface area (TPSA) is 155 Å². The van der Waals surface area contributed by atoms with Crippen LogP contribution in [0.15, 0.2) is 71.8 Å². The van der Waals surface area contributed by atoms with Crippen molar-refractivity contribution < 1.29 is 44.5 Å². The maximum absolute atomic E-state index is 14.8. The molecule has 2 aromatic rings. The molecule has 6 rings (SSSR count). The Kier molecular flexibility index (Phi) is 9.98. The Morgan fingerprint density at radius 2 is 1.61 bits per heavy atom. The smallest absolute Gasteiger partial charge is 0.251 e. The van der Waals surface area contributed by atoms with E-state index in [2.05, 4.69) is 5.32 Å². The summed E-state index contributed by atoms with van der Waals surface area (Å²) in [7, 11) is 0. The van der Waals surface area contributed by atoms with Crippen molar-refractivity contribution >= 4 is 11.7 Å². The van der Waals surface area contributed by atoms with Gasteiger partial charge in [-0.25, -0.2) is 4.89 Å². The summed E-state index contributed by atoms with van der Waals surface area (Å²) in [6.45, 7) is 14.9. The zero-order chi connectivity index (χ0) is 37.3. The van der Waals surface area contributed by atoms with Crippen LogP contribution < -0.4 is 5.32 Å². The number of Topliss-reactive ketones (excluding diaryl/α,β-unsaturated/α-hetero) is 1. The molecule has 10 nitrogen and oxygen atoms in total. The van der Waals surface area contributed by atoms with Crippen LogP contribution >= 0.6 is 0 Å². The number of fused-ring (bicyclic) bond motifs is 5. The molecule has 0 aromatic heterocycles. The van der Waals surface area contributed by atoms with Gasteiger partial charge >= 0.3 is 0 Å². The molecule has 3 fully saturated rings. The van der Waals surface area contributed by atoms with Crippen LogP contribution in [0.3, 0.4) is 0 Å². The molecule has 1 amide bonds. The first kappa shape index (κ1) is 37.8. The minimum absolute atomic E-state index is 0.0343. The molecule has 1 heterocycles. The maximum Gasteiger partial charge on any atom is 0.251 e. The molecule has 3 aliphatic carbocycles. The lowest BCUT2D eigenvalue weighted by Crippen LogP contribution is -2.77.